The predicted molar refractivity (Wildman–Crippen MR) is 91.2 cm³/mol. The Kier molecular flexibility index (Phi) is 14.8. The first-order valence-corrected chi connectivity index (χ1v) is 16.3. The van der Waals surface area contributed by atoms with Crippen LogP contribution in [-0.2, 0) is 73.8 Å². The molecule has 0 aromatic rings. The quantitative estimate of drug-likeness (QED) is 0.0470. The van der Waals surface area contributed by atoms with E-state index in [0.29, 0.717) is 0 Å². The second kappa shape index (κ2) is 14.6. The molecule has 0 fully saturated rings. The Labute approximate surface area is 189 Å². The van der Waals surface area contributed by atoms with Crippen LogP contribution in [0.4, 0.5) is 25.2 Å². The fraction of sp³-hybridized carbons (Fsp3) is 1.00. The Morgan fingerprint density at radius 3 is 1.09 bits per heavy atom. The second-order valence-corrected chi connectivity index (χ2v) is 11.9. The van der Waals surface area contributed by atoms with Crippen LogP contribution in [0.1, 0.15) is 19.3 Å². The van der Waals surface area contributed by atoms with E-state index in [-0.39, 0.29) is 19.3 Å². The molecule has 0 aliphatic heterocycles. The summed E-state index contributed by atoms with van der Waals surface area (Å²) in [5.74, 6) is 0. The van der Waals surface area contributed by atoms with Crippen molar-refractivity contribution >= 4 is 47.4 Å². The summed E-state index contributed by atoms with van der Waals surface area (Å²) in [6.07, 6.45) is -0.212. The Bertz CT molecular complexity index is 948. The van der Waals surface area contributed by atoms with E-state index >= 15 is 0 Å². The molecule has 0 aliphatic rings. The minimum Gasteiger partial charge on any atom is -0.299 e. The fourth-order valence-corrected chi connectivity index (χ4v) is 4.49. The summed E-state index contributed by atoms with van der Waals surface area (Å²) in [7, 11) is -36.7. The van der Waals surface area contributed by atoms with Crippen molar-refractivity contribution in [2.24, 2.45) is 0 Å². The van der Waals surface area contributed by atoms with Gasteiger partial charge in [-0.05, 0) is 19.3 Å². The topological polar surface area (TPSA) is 235 Å². The highest BCUT2D eigenvalue weighted by Crippen LogP contribution is 2.65. The third-order valence-corrected chi connectivity index (χ3v) is 5.62. The lowest BCUT2D eigenvalue weighted by Gasteiger charge is -2.12. The van der Waals surface area contributed by atoms with Crippen LogP contribution in [-0.4, -0.2) is 23.0 Å². The number of unbranched alkanes of at least 4 members (excludes halogenated alkanes) is 2. The van der Waals surface area contributed by atoms with Crippen LogP contribution in [0, 0.1) is 0 Å². The molecule has 30 heteroatoms. The van der Waals surface area contributed by atoms with Gasteiger partial charge in [-0.2, -0.15) is 0 Å². The van der Waals surface area contributed by atoms with Crippen LogP contribution in [0.25, 0.3) is 0 Å². The van der Waals surface area contributed by atoms with Gasteiger partial charge < -0.3 is 0 Å². The van der Waals surface area contributed by atoms with Crippen LogP contribution < -0.4 is 0 Å². The lowest BCUT2D eigenvalue weighted by atomic mass is 10.2. The maximum Gasteiger partial charge on any atom is 0.569 e. The zero-order valence-electron chi connectivity index (χ0n) is 15.9. The van der Waals surface area contributed by atoms with E-state index in [1.807, 2.05) is 0 Å². The summed E-state index contributed by atoms with van der Waals surface area (Å²) in [6.45, 7) is -1.30. The van der Waals surface area contributed by atoms with Gasteiger partial charge in [0.05, 0.1) is 13.2 Å². The van der Waals surface area contributed by atoms with Gasteiger partial charge in [-0.15, -0.1) is 62.6 Å². The van der Waals surface area contributed by atoms with E-state index in [0.717, 1.165) is 0 Å². The first kappa shape index (κ1) is 35.5. The zero-order chi connectivity index (χ0) is 27.6. The Hall–Kier alpha value is 0.480. The van der Waals surface area contributed by atoms with E-state index in [9.17, 15) is 52.6 Å². The molecule has 0 bridgehead atoms. The standard InChI is InChI=1S/C5H12F6O18P6/c6-30(12,13)20-4-2-1-3-5-21-32(8,16)24-25-34(10,18)28-29-35(11,19)27-26-33(9,17)23-22-31(7,14)15/h1-5H2,(H,12,13)(H,14,15). The van der Waals surface area contributed by atoms with E-state index in [1.54, 1.807) is 0 Å². The van der Waals surface area contributed by atoms with Gasteiger partial charge in [0, 0.05) is 0 Å². The Morgan fingerprint density at radius 1 is 0.429 bits per heavy atom. The molecular formula is C5H12F6O18P6. The van der Waals surface area contributed by atoms with Crippen molar-refractivity contribution in [1.82, 2.24) is 0 Å². The maximum atomic E-state index is 13.4. The number of hydrogen-bond acceptors (Lipinski definition) is 16. The Balaban J connectivity index is 4.37. The summed E-state index contributed by atoms with van der Waals surface area (Å²) in [6, 6.07) is 0. The summed E-state index contributed by atoms with van der Waals surface area (Å²) >= 11 is 0. The highest BCUT2D eigenvalue weighted by molar-refractivity contribution is 7.52. The molecule has 212 valence electrons. The van der Waals surface area contributed by atoms with Gasteiger partial charge in [0.1, 0.15) is 0 Å². The molecule has 0 saturated carbocycles. The van der Waals surface area contributed by atoms with E-state index in [4.69, 9.17) is 9.79 Å². The summed E-state index contributed by atoms with van der Waals surface area (Å²) in [5, 5.41) is 0. The van der Waals surface area contributed by atoms with Gasteiger partial charge in [0.15, 0.2) is 0 Å². The largest absolute Gasteiger partial charge is 0.569 e. The third-order valence-electron chi connectivity index (χ3n) is 2.13. The van der Waals surface area contributed by atoms with E-state index < -0.39 is 60.7 Å². The van der Waals surface area contributed by atoms with E-state index in [2.05, 4.69) is 46.4 Å². The average molecular weight is 660 g/mol. The first-order valence-electron chi connectivity index (χ1n) is 7.58. The van der Waals surface area contributed by atoms with Crippen molar-refractivity contribution in [1.29, 1.82) is 0 Å². The molecular weight excluding hydrogens is 648 g/mol. The number of rotatable bonds is 20. The molecule has 6 unspecified atom stereocenters. The van der Waals surface area contributed by atoms with Crippen molar-refractivity contribution in [2.45, 2.75) is 19.3 Å². The highest BCUT2D eigenvalue weighted by Gasteiger charge is 2.43. The molecule has 18 nitrogen and oxygen atoms in total. The van der Waals surface area contributed by atoms with Crippen molar-refractivity contribution in [3.8, 4) is 0 Å². The summed E-state index contributed by atoms with van der Waals surface area (Å²) in [5.41, 5.74) is 0. The summed E-state index contributed by atoms with van der Waals surface area (Å²) < 4.78 is 171. The monoisotopic (exact) mass is 660 g/mol. The van der Waals surface area contributed by atoms with Gasteiger partial charge in [-0.25, -0.2) is 27.4 Å². The van der Waals surface area contributed by atoms with Crippen LogP contribution in [0.2, 0.25) is 0 Å². The van der Waals surface area contributed by atoms with Gasteiger partial charge in [0.2, 0.25) is 0 Å². The van der Waals surface area contributed by atoms with Crippen molar-refractivity contribution < 1.29 is 109 Å². The van der Waals surface area contributed by atoms with Crippen LogP contribution in [0.15, 0.2) is 0 Å². The van der Waals surface area contributed by atoms with Crippen molar-refractivity contribution in [3.63, 3.8) is 0 Å². The molecule has 6 atom stereocenters. The normalized spacial score (nSPS) is 22.6. The molecule has 2 N–H and O–H groups in total. The number of halogens is 6. The van der Waals surface area contributed by atoms with Gasteiger partial charge in [-0.3, -0.25) is 18.8 Å². The summed E-state index contributed by atoms with van der Waals surface area (Å²) in [4.78, 5) is 16.1. The van der Waals surface area contributed by atoms with Gasteiger partial charge in [-0.1, -0.05) is 0 Å². The molecule has 0 saturated heterocycles. The van der Waals surface area contributed by atoms with Crippen molar-refractivity contribution in [3.05, 3.63) is 0 Å². The maximum absolute atomic E-state index is 13.4. The Morgan fingerprint density at radius 2 is 0.743 bits per heavy atom. The third kappa shape index (κ3) is 22.2. The molecule has 0 aliphatic carbocycles. The number of hydrogen-bond donors (Lipinski definition) is 2. The molecule has 0 aromatic carbocycles. The highest BCUT2D eigenvalue weighted by atomic mass is 31.2. The SMILES string of the molecule is O=P(O)(F)OCCCCCOP(=O)(F)OOP(=O)(F)OOP(=O)(F)OOP(=O)(F)OOP(=O)(O)F. The lowest BCUT2D eigenvalue weighted by Crippen LogP contribution is -1.98. The first-order chi connectivity index (χ1) is 15.5. The molecule has 0 heterocycles. The molecule has 0 rings (SSSR count). The predicted octanol–water partition coefficient (Wildman–Crippen LogP) is 6.43. The van der Waals surface area contributed by atoms with Gasteiger partial charge >= 0.3 is 47.4 Å². The minimum absolute atomic E-state index is 0.0172. The minimum atomic E-state index is -6.58. The molecule has 35 heavy (non-hydrogen) atoms. The van der Waals surface area contributed by atoms with E-state index in [1.165, 1.54) is 0 Å². The molecule has 0 amide bonds. The molecule has 0 aromatic heterocycles. The van der Waals surface area contributed by atoms with Crippen LogP contribution >= 0.6 is 47.4 Å². The fourth-order valence-electron chi connectivity index (χ4n) is 1.11. The second-order valence-electron chi connectivity index (χ2n) is 4.95. The molecule has 0 spiro atoms. The van der Waals surface area contributed by atoms with Crippen LogP contribution in [0.3, 0.4) is 0 Å². The van der Waals surface area contributed by atoms with Gasteiger partial charge in [0.25, 0.3) is 0 Å². The smallest absolute Gasteiger partial charge is 0.299 e. The molecule has 0 radical (unpaired) electrons. The average Bonchev–Trinajstić information content (AvgIpc) is 2.67. The lowest BCUT2D eigenvalue weighted by molar-refractivity contribution is -0.230. The van der Waals surface area contributed by atoms with Crippen molar-refractivity contribution in [2.75, 3.05) is 13.2 Å². The van der Waals surface area contributed by atoms with Crippen LogP contribution in [0.5, 0.6) is 0 Å². The zero-order valence-corrected chi connectivity index (χ0v) is 21.3.